The highest BCUT2D eigenvalue weighted by Crippen LogP contribution is 2.27. The van der Waals surface area contributed by atoms with E-state index >= 15 is 0 Å². The Morgan fingerprint density at radius 2 is 2.27 bits per heavy atom. The molecule has 0 aromatic rings. The van der Waals surface area contributed by atoms with Crippen molar-refractivity contribution in [2.24, 2.45) is 5.92 Å². The van der Waals surface area contributed by atoms with Crippen LogP contribution in [0.15, 0.2) is 0 Å². The molecule has 3 heteroatoms. The van der Waals surface area contributed by atoms with Crippen molar-refractivity contribution in [3.63, 3.8) is 0 Å². The Labute approximate surface area is 66.5 Å². The van der Waals surface area contributed by atoms with Crippen LogP contribution in [0, 0.1) is 18.3 Å². The monoisotopic (exact) mass is 152 g/mol. The maximum atomic E-state index is 10.8. The van der Waals surface area contributed by atoms with Crippen molar-refractivity contribution in [1.29, 1.82) is 0 Å². The summed E-state index contributed by atoms with van der Waals surface area (Å²) >= 11 is 0. The van der Waals surface area contributed by atoms with Crippen LogP contribution in [0.5, 0.6) is 0 Å². The van der Waals surface area contributed by atoms with Crippen LogP contribution < -0.4 is 10.6 Å². The third kappa shape index (κ3) is 3.51. The van der Waals surface area contributed by atoms with Crippen molar-refractivity contribution in [3.8, 4) is 12.3 Å². The first-order valence-electron chi connectivity index (χ1n) is 3.78. The minimum absolute atomic E-state index is 0.158. The number of hydrogen-bond donors (Lipinski definition) is 2. The molecule has 0 unspecified atom stereocenters. The second-order valence-corrected chi connectivity index (χ2v) is 2.71. The lowest BCUT2D eigenvalue weighted by Gasteiger charge is -2.02. The van der Waals surface area contributed by atoms with Crippen molar-refractivity contribution in [1.82, 2.24) is 10.6 Å². The first kappa shape index (κ1) is 7.93. The molecule has 2 amide bonds. The van der Waals surface area contributed by atoms with Crippen LogP contribution in [0.25, 0.3) is 0 Å². The molecule has 0 aliphatic heterocycles. The van der Waals surface area contributed by atoms with Gasteiger partial charge in [0.15, 0.2) is 0 Å². The highest BCUT2D eigenvalue weighted by molar-refractivity contribution is 5.74. The van der Waals surface area contributed by atoms with Crippen LogP contribution >= 0.6 is 0 Å². The summed E-state index contributed by atoms with van der Waals surface area (Å²) in [5, 5.41) is 5.26. The molecule has 0 aromatic heterocycles. The van der Waals surface area contributed by atoms with Gasteiger partial charge in [-0.25, -0.2) is 4.79 Å². The smallest absolute Gasteiger partial charge is 0.315 e. The summed E-state index contributed by atoms with van der Waals surface area (Å²) in [5.41, 5.74) is 0. The second kappa shape index (κ2) is 3.87. The fourth-order valence-corrected chi connectivity index (χ4v) is 0.753. The zero-order valence-corrected chi connectivity index (χ0v) is 6.39. The van der Waals surface area contributed by atoms with E-state index in [-0.39, 0.29) is 6.03 Å². The van der Waals surface area contributed by atoms with Crippen LogP contribution in [0.1, 0.15) is 12.8 Å². The van der Waals surface area contributed by atoms with E-state index in [1.807, 2.05) is 0 Å². The molecule has 0 radical (unpaired) electrons. The molecule has 3 nitrogen and oxygen atoms in total. The summed E-state index contributed by atoms with van der Waals surface area (Å²) in [6.45, 7) is 1.09. The molecule has 0 aromatic carbocycles. The fraction of sp³-hybridized carbons (Fsp3) is 0.625. The molecule has 1 saturated carbocycles. The Balaban J connectivity index is 1.96. The van der Waals surface area contributed by atoms with E-state index in [2.05, 4.69) is 16.6 Å². The Bertz CT molecular complexity index is 179. The quantitative estimate of drug-likeness (QED) is 0.562. The molecule has 1 aliphatic rings. The van der Waals surface area contributed by atoms with E-state index in [4.69, 9.17) is 6.42 Å². The maximum absolute atomic E-state index is 10.8. The molecule has 2 N–H and O–H groups in total. The predicted molar refractivity (Wildman–Crippen MR) is 43.0 cm³/mol. The average molecular weight is 152 g/mol. The van der Waals surface area contributed by atoms with Gasteiger partial charge in [-0.15, -0.1) is 6.42 Å². The highest BCUT2D eigenvalue weighted by atomic mass is 16.2. The SMILES string of the molecule is C#CCNC(=O)NCC1CC1. The van der Waals surface area contributed by atoms with Crippen molar-refractivity contribution < 1.29 is 4.79 Å². The van der Waals surface area contributed by atoms with Crippen LogP contribution in [0.4, 0.5) is 4.79 Å². The molecule has 0 heterocycles. The van der Waals surface area contributed by atoms with Crippen molar-refractivity contribution in [3.05, 3.63) is 0 Å². The number of rotatable bonds is 3. The normalized spacial score (nSPS) is 15.2. The molecule has 0 atom stereocenters. The summed E-state index contributed by atoms with van der Waals surface area (Å²) in [6, 6.07) is -0.158. The van der Waals surface area contributed by atoms with E-state index < -0.39 is 0 Å². The van der Waals surface area contributed by atoms with Gasteiger partial charge in [-0.2, -0.15) is 0 Å². The number of carbonyl (C=O) groups is 1. The maximum Gasteiger partial charge on any atom is 0.315 e. The van der Waals surface area contributed by atoms with Gasteiger partial charge in [0.25, 0.3) is 0 Å². The van der Waals surface area contributed by atoms with Crippen molar-refractivity contribution in [2.45, 2.75) is 12.8 Å². The van der Waals surface area contributed by atoms with Crippen molar-refractivity contribution in [2.75, 3.05) is 13.1 Å². The predicted octanol–water partition coefficient (Wildman–Crippen LogP) is 0.329. The van der Waals surface area contributed by atoms with Gasteiger partial charge in [-0.05, 0) is 18.8 Å². The fourth-order valence-electron chi connectivity index (χ4n) is 0.753. The van der Waals surface area contributed by atoms with E-state index in [1.165, 1.54) is 12.8 Å². The number of hydrogen-bond acceptors (Lipinski definition) is 1. The van der Waals surface area contributed by atoms with Crippen LogP contribution in [-0.2, 0) is 0 Å². The lowest BCUT2D eigenvalue weighted by molar-refractivity contribution is 0.241. The van der Waals surface area contributed by atoms with E-state index in [0.29, 0.717) is 12.5 Å². The minimum Gasteiger partial charge on any atom is -0.338 e. The Morgan fingerprint density at radius 1 is 1.55 bits per heavy atom. The number of nitrogens with one attached hydrogen (secondary N) is 2. The van der Waals surface area contributed by atoms with Crippen LogP contribution in [-0.4, -0.2) is 19.1 Å². The zero-order chi connectivity index (χ0) is 8.10. The molecule has 0 bridgehead atoms. The average Bonchev–Trinajstić information content (AvgIpc) is 2.80. The van der Waals surface area contributed by atoms with Crippen LogP contribution in [0.3, 0.4) is 0 Å². The van der Waals surface area contributed by atoms with Gasteiger partial charge in [0.1, 0.15) is 0 Å². The minimum atomic E-state index is -0.158. The zero-order valence-electron chi connectivity index (χ0n) is 6.39. The van der Waals surface area contributed by atoms with Gasteiger partial charge in [0.05, 0.1) is 6.54 Å². The molecule has 0 spiro atoms. The number of urea groups is 1. The standard InChI is InChI=1S/C8H12N2O/c1-2-5-9-8(11)10-6-7-3-4-7/h1,7H,3-6H2,(H2,9,10,11). The summed E-state index contributed by atoms with van der Waals surface area (Å²) in [4.78, 5) is 10.8. The lowest BCUT2D eigenvalue weighted by Crippen LogP contribution is -2.36. The number of terminal acetylenes is 1. The largest absolute Gasteiger partial charge is 0.338 e. The van der Waals surface area contributed by atoms with E-state index in [0.717, 1.165) is 6.54 Å². The molecular weight excluding hydrogens is 140 g/mol. The molecule has 0 saturated heterocycles. The summed E-state index contributed by atoms with van der Waals surface area (Å²) in [6.07, 6.45) is 7.44. The number of carbonyl (C=O) groups excluding carboxylic acids is 1. The van der Waals surface area contributed by atoms with Gasteiger partial charge in [0.2, 0.25) is 0 Å². The summed E-state index contributed by atoms with van der Waals surface area (Å²) < 4.78 is 0. The second-order valence-electron chi connectivity index (χ2n) is 2.71. The van der Waals surface area contributed by atoms with Gasteiger partial charge in [-0.1, -0.05) is 5.92 Å². The third-order valence-electron chi connectivity index (χ3n) is 1.60. The Morgan fingerprint density at radius 3 is 2.82 bits per heavy atom. The van der Waals surface area contributed by atoms with Crippen molar-refractivity contribution >= 4 is 6.03 Å². The Kier molecular flexibility index (Phi) is 2.79. The molecule has 60 valence electrons. The molecular formula is C8H12N2O. The van der Waals surface area contributed by atoms with Gasteiger partial charge >= 0.3 is 6.03 Å². The molecule has 1 fully saturated rings. The topological polar surface area (TPSA) is 41.1 Å². The summed E-state index contributed by atoms with van der Waals surface area (Å²) in [5.74, 6) is 3.04. The van der Waals surface area contributed by atoms with Crippen LogP contribution in [0.2, 0.25) is 0 Å². The third-order valence-corrected chi connectivity index (χ3v) is 1.60. The molecule has 1 aliphatic carbocycles. The highest BCUT2D eigenvalue weighted by Gasteiger charge is 2.21. The lowest BCUT2D eigenvalue weighted by atomic mass is 10.4. The number of amides is 2. The van der Waals surface area contributed by atoms with Gasteiger partial charge in [-0.3, -0.25) is 0 Å². The first-order valence-corrected chi connectivity index (χ1v) is 3.78. The molecule has 1 rings (SSSR count). The summed E-state index contributed by atoms with van der Waals surface area (Å²) in [7, 11) is 0. The first-order chi connectivity index (χ1) is 5.33. The van der Waals surface area contributed by atoms with E-state index in [9.17, 15) is 4.79 Å². The van der Waals surface area contributed by atoms with Gasteiger partial charge in [0, 0.05) is 6.54 Å². The Hall–Kier alpha value is -1.17. The molecule has 11 heavy (non-hydrogen) atoms. The van der Waals surface area contributed by atoms with E-state index in [1.54, 1.807) is 0 Å². The van der Waals surface area contributed by atoms with Gasteiger partial charge < -0.3 is 10.6 Å².